The monoisotopic (exact) mass is 406 g/mol. The second-order valence-corrected chi connectivity index (χ2v) is 7.94. The van der Waals surface area contributed by atoms with Gasteiger partial charge in [-0.1, -0.05) is 42.5 Å². The van der Waals surface area contributed by atoms with Gasteiger partial charge in [-0.15, -0.1) is 11.8 Å². The molecule has 29 heavy (non-hydrogen) atoms. The summed E-state index contributed by atoms with van der Waals surface area (Å²) in [6.07, 6.45) is 2.41. The van der Waals surface area contributed by atoms with Gasteiger partial charge in [0.15, 0.2) is 0 Å². The van der Waals surface area contributed by atoms with Crippen LogP contribution in [0.4, 0.5) is 0 Å². The molecule has 0 radical (unpaired) electrons. The van der Waals surface area contributed by atoms with Crippen LogP contribution in [-0.4, -0.2) is 29.0 Å². The third-order valence-corrected chi connectivity index (χ3v) is 6.17. The molecule has 2 aromatic carbocycles. The van der Waals surface area contributed by atoms with Crippen molar-refractivity contribution >= 4 is 23.6 Å². The number of nitrogens with zero attached hydrogens (tertiary/aromatic N) is 1. The summed E-state index contributed by atoms with van der Waals surface area (Å²) in [4.78, 5) is 26.6. The van der Waals surface area contributed by atoms with Gasteiger partial charge in [-0.25, -0.2) is 0 Å². The molecule has 1 aromatic heterocycles. The predicted molar refractivity (Wildman–Crippen MR) is 113 cm³/mol. The van der Waals surface area contributed by atoms with Crippen LogP contribution in [0.3, 0.4) is 0 Å². The van der Waals surface area contributed by atoms with Crippen LogP contribution < -0.4 is 5.32 Å². The second-order valence-electron chi connectivity index (χ2n) is 6.87. The van der Waals surface area contributed by atoms with Gasteiger partial charge in [-0.05, 0) is 41.8 Å². The van der Waals surface area contributed by atoms with Gasteiger partial charge >= 0.3 is 0 Å². The Morgan fingerprint density at radius 3 is 2.59 bits per heavy atom. The average molecular weight is 407 g/mol. The van der Waals surface area contributed by atoms with Crippen molar-refractivity contribution in [1.82, 2.24) is 10.2 Å². The molecule has 148 valence electrons. The molecule has 3 aromatic rings. The molecule has 0 unspecified atom stereocenters. The molecule has 0 saturated carbocycles. The van der Waals surface area contributed by atoms with Gasteiger partial charge in [0.2, 0.25) is 5.91 Å². The first-order valence-corrected chi connectivity index (χ1v) is 10.6. The molecule has 1 N–H and O–H groups in total. The van der Waals surface area contributed by atoms with Crippen LogP contribution in [0.15, 0.2) is 77.4 Å². The topological polar surface area (TPSA) is 62.6 Å². The number of furan rings is 1. The van der Waals surface area contributed by atoms with Crippen molar-refractivity contribution in [3.63, 3.8) is 0 Å². The third-order valence-electron chi connectivity index (χ3n) is 4.91. The molecule has 1 atom stereocenters. The Bertz CT molecular complexity index is 956. The largest absolute Gasteiger partial charge is 0.467 e. The Balaban J connectivity index is 1.39. The predicted octanol–water partition coefficient (Wildman–Crippen LogP) is 4.03. The van der Waals surface area contributed by atoms with Crippen molar-refractivity contribution in [3.05, 3.63) is 95.4 Å². The Kier molecular flexibility index (Phi) is 6.00. The quantitative estimate of drug-likeness (QED) is 0.644. The third kappa shape index (κ3) is 4.71. The maximum atomic E-state index is 12.4. The molecule has 1 aliphatic rings. The zero-order valence-corrected chi connectivity index (χ0v) is 16.7. The first-order chi connectivity index (χ1) is 14.2. The Hall–Kier alpha value is -2.99. The van der Waals surface area contributed by atoms with Crippen LogP contribution in [-0.2, 0) is 17.8 Å². The van der Waals surface area contributed by atoms with E-state index in [-0.39, 0.29) is 17.2 Å². The van der Waals surface area contributed by atoms with Crippen LogP contribution in [0.2, 0.25) is 0 Å². The van der Waals surface area contributed by atoms with Crippen molar-refractivity contribution in [2.75, 3.05) is 12.3 Å². The minimum absolute atomic E-state index is 0.00792. The number of amides is 2. The van der Waals surface area contributed by atoms with E-state index in [1.54, 1.807) is 24.1 Å². The van der Waals surface area contributed by atoms with Gasteiger partial charge in [-0.2, -0.15) is 0 Å². The molecule has 6 heteroatoms. The average Bonchev–Trinajstić information content (AvgIpc) is 3.41. The highest BCUT2D eigenvalue weighted by Crippen LogP contribution is 2.38. The fourth-order valence-electron chi connectivity index (χ4n) is 3.35. The van der Waals surface area contributed by atoms with Crippen molar-refractivity contribution in [2.45, 2.75) is 18.3 Å². The molecule has 1 saturated heterocycles. The Labute approximate surface area is 174 Å². The van der Waals surface area contributed by atoms with E-state index in [1.165, 1.54) is 5.56 Å². The summed E-state index contributed by atoms with van der Waals surface area (Å²) in [5.41, 5.74) is 2.85. The minimum atomic E-state index is -0.149. The van der Waals surface area contributed by atoms with Crippen LogP contribution in [0.5, 0.6) is 0 Å². The second kappa shape index (κ2) is 9.01. The molecule has 2 amide bonds. The smallest absolute Gasteiger partial charge is 0.251 e. The molecule has 2 heterocycles. The maximum Gasteiger partial charge on any atom is 0.251 e. The molecule has 1 fully saturated rings. The zero-order chi connectivity index (χ0) is 20.1. The molecule has 5 nitrogen and oxygen atoms in total. The van der Waals surface area contributed by atoms with E-state index in [2.05, 4.69) is 17.4 Å². The van der Waals surface area contributed by atoms with E-state index >= 15 is 0 Å². The van der Waals surface area contributed by atoms with E-state index in [9.17, 15) is 9.59 Å². The number of rotatable bonds is 7. The lowest BCUT2D eigenvalue weighted by atomic mass is 10.1. The van der Waals surface area contributed by atoms with Crippen LogP contribution >= 0.6 is 11.8 Å². The number of carbonyl (C=O) groups excluding carboxylic acids is 2. The fourth-order valence-corrected chi connectivity index (χ4v) is 4.57. The van der Waals surface area contributed by atoms with E-state index < -0.39 is 0 Å². The number of benzene rings is 2. The summed E-state index contributed by atoms with van der Waals surface area (Å²) in [6, 6.07) is 21.3. The summed E-state index contributed by atoms with van der Waals surface area (Å²) in [5.74, 6) is 1.22. The summed E-state index contributed by atoms with van der Waals surface area (Å²) in [7, 11) is 0. The molecule has 0 aliphatic carbocycles. The summed E-state index contributed by atoms with van der Waals surface area (Å²) < 4.78 is 5.23. The number of hydrogen-bond donors (Lipinski definition) is 1. The van der Waals surface area contributed by atoms with E-state index in [1.807, 2.05) is 53.4 Å². The van der Waals surface area contributed by atoms with Gasteiger partial charge in [0.25, 0.3) is 5.91 Å². The number of carbonyl (C=O) groups is 2. The van der Waals surface area contributed by atoms with Gasteiger partial charge in [-0.3, -0.25) is 9.59 Å². The molecule has 4 rings (SSSR count). The van der Waals surface area contributed by atoms with Gasteiger partial charge in [0, 0.05) is 12.1 Å². The molecule has 0 bridgehead atoms. The van der Waals surface area contributed by atoms with Crippen LogP contribution in [0, 0.1) is 0 Å². The highest BCUT2D eigenvalue weighted by atomic mass is 32.2. The molecule has 1 aliphatic heterocycles. The lowest BCUT2D eigenvalue weighted by molar-refractivity contribution is -0.128. The van der Waals surface area contributed by atoms with Crippen LogP contribution in [0.25, 0.3) is 0 Å². The zero-order valence-electron chi connectivity index (χ0n) is 15.9. The highest BCUT2D eigenvalue weighted by Gasteiger charge is 2.32. The lowest BCUT2D eigenvalue weighted by Gasteiger charge is -2.24. The van der Waals surface area contributed by atoms with Crippen molar-refractivity contribution < 1.29 is 14.0 Å². The minimum Gasteiger partial charge on any atom is -0.467 e. The normalized spacial score (nSPS) is 16.2. The highest BCUT2D eigenvalue weighted by molar-refractivity contribution is 8.00. The Morgan fingerprint density at radius 1 is 1.07 bits per heavy atom. The van der Waals surface area contributed by atoms with E-state index in [0.717, 1.165) is 12.0 Å². The van der Waals surface area contributed by atoms with Crippen LogP contribution in [0.1, 0.15) is 32.6 Å². The fraction of sp³-hybridized carbons (Fsp3) is 0.217. The number of hydrogen-bond acceptors (Lipinski definition) is 4. The van der Waals surface area contributed by atoms with Crippen molar-refractivity contribution in [1.29, 1.82) is 0 Å². The van der Waals surface area contributed by atoms with Gasteiger partial charge in [0.05, 0.1) is 18.6 Å². The first-order valence-electron chi connectivity index (χ1n) is 9.56. The maximum absolute atomic E-state index is 12.4. The molecule has 0 spiro atoms. The number of thioether (sulfide) groups is 1. The van der Waals surface area contributed by atoms with Crippen molar-refractivity contribution in [3.8, 4) is 0 Å². The first kappa shape index (κ1) is 19.3. The summed E-state index contributed by atoms with van der Waals surface area (Å²) in [6.45, 7) is 1.04. The SMILES string of the molecule is O=C(NCc1ccco1)c1ccc([C@H]2SCC(=O)N2CCc2ccccc2)cc1. The number of nitrogens with one attached hydrogen (secondary N) is 1. The lowest BCUT2D eigenvalue weighted by Crippen LogP contribution is -2.30. The summed E-state index contributed by atoms with van der Waals surface area (Å²) >= 11 is 1.63. The summed E-state index contributed by atoms with van der Waals surface area (Å²) in [5, 5.41) is 2.83. The standard InChI is InChI=1S/C23H22N2O3S/c26-21-16-29-23(25(21)13-12-17-5-2-1-3-6-17)19-10-8-18(9-11-19)22(27)24-15-20-7-4-14-28-20/h1-11,14,23H,12-13,15-16H2,(H,24,27)/t23-/m1/s1. The Morgan fingerprint density at radius 2 is 1.86 bits per heavy atom. The van der Waals surface area contributed by atoms with Gasteiger partial charge in [0.1, 0.15) is 11.1 Å². The van der Waals surface area contributed by atoms with E-state index in [4.69, 9.17) is 4.42 Å². The molecular formula is C23H22N2O3S. The van der Waals surface area contributed by atoms with Gasteiger partial charge < -0.3 is 14.6 Å². The van der Waals surface area contributed by atoms with Crippen molar-refractivity contribution in [2.24, 2.45) is 0 Å². The molecular weight excluding hydrogens is 384 g/mol. The van der Waals surface area contributed by atoms with E-state index in [0.29, 0.717) is 30.2 Å².